The molecule has 0 spiro atoms. The van der Waals surface area contributed by atoms with Gasteiger partial charge in [-0.15, -0.1) is 0 Å². The highest BCUT2D eigenvalue weighted by molar-refractivity contribution is 7.92. The number of nitrogens with zero attached hydrogens (tertiary/aromatic N) is 2. The Morgan fingerprint density at radius 3 is 2.08 bits per heavy atom. The van der Waals surface area contributed by atoms with Gasteiger partial charge in [-0.25, -0.2) is 13.4 Å². The van der Waals surface area contributed by atoms with Crippen LogP contribution in [0.15, 0.2) is 83.8 Å². The Balaban J connectivity index is 1.51. The van der Waals surface area contributed by atoms with Crippen molar-refractivity contribution in [2.24, 2.45) is 0 Å². The summed E-state index contributed by atoms with van der Waals surface area (Å²) in [5, 5.41) is 6.44. The SMILES string of the molecule is COc1ccc(C(C)(C)C)cc1S(=O)(=O)Nc1ccc(Nc2nc(C)cc(Nc3ccccc3)n2)cc1. The summed E-state index contributed by atoms with van der Waals surface area (Å²) in [6.07, 6.45) is 0. The van der Waals surface area contributed by atoms with Crippen molar-refractivity contribution in [2.75, 3.05) is 22.5 Å². The van der Waals surface area contributed by atoms with Gasteiger partial charge < -0.3 is 15.4 Å². The minimum Gasteiger partial charge on any atom is -0.495 e. The molecule has 0 radical (unpaired) electrons. The van der Waals surface area contributed by atoms with Crippen molar-refractivity contribution in [2.45, 2.75) is 38.0 Å². The Kier molecular flexibility index (Phi) is 7.35. The molecule has 3 aromatic carbocycles. The fraction of sp³-hybridized carbons (Fsp3) is 0.214. The van der Waals surface area contributed by atoms with Gasteiger partial charge in [0, 0.05) is 28.8 Å². The van der Waals surface area contributed by atoms with E-state index in [0.717, 1.165) is 16.9 Å². The Labute approximate surface area is 218 Å². The zero-order valence-corrected chi connectivity index (χ0v) is 22.3. The molecule has 9 heteroatoms. The summed E-state index contributed by atoms with van der Waals surface area (Å²) in [5.41, 5.74) is 3.54. The Bertz CT molecular complexity index is 1480. The van der Waals surface area contributed by atoms with E-state index in [2.05, 4.69) is 25.3 Å². The van der Waals surface area contributed by atoms with Crippen LogP contribution in [-0.2, 0) is 15.4 Å². The highest BCUT2D eigenvalue weighted by Gasteiger charge is 2.23. The van der Waals surface area contributed by atoms with Crippen LogP contribution in [0.3, 0.4) is 0 Å². The van der Waals surface area contributed by atoms with Crippen LogP contribution in [0.2, 0.25) is 0 Å². The van der Waals surface area contributed by atoms with Crippen molar-refractivity contribution in [3.05, 3.63) is 90.1 Å². The van der Waals surface area contributed by atoms with Crippen molar-refractivity contribution in [3.63, 3.8) is 0 Å². The van der Waals surface area contributed by atoms with E-state index in [4.69, 9.17) is 4.74 Å². The molecular formula is C28H31N5O3S. The molecule has 3 N–H and O–H groups in total. The van der Waals surface area contributed by atoms with Crippen LogP contribution < -0.4 is 20.1 Å². The van der Waals surface area contributed by atoms with E-state index in [1.54, 1.807) is 36.4 Å². The zero-order chi connectivity index (χ0) is 26.6. The zero-order valence-electron chi connectivity index (χ0n) is 21.5. The molecule has 0 atom stereocenters. The van der Waals surface area contributed by atoms with Gasteiger partial charge in [-0.3, -0.25) is 4.72 Å². The van der Waals surface area contributed by atoms with Crippen LogP contribution in [0.1, 0.15) is 32.0 Å². The number of sulfonamides is 1. The maximum absolute atomic E-state index is 13.2. The molecule has 0 bridgehead atoms. The van der Waals surface area contributed by atoms with Crippen LogP contribution in [0.25, 0.3) is 0 Å². The second-order valence-corrected chi connectivity index (χ2v) is 11.3. The molecule has 0 aliphatic rings. The topological polar surface area (TPSA) is 105 Å². The molecule has 0 aliphatic heterocycles. The van der Waals surface area contributed by atoms with Gasteiger partial charge in [0.25, 0.3) is 10.0 Å². The number of aromatic nitrogens is 2. The molecule has 0 fully saturated rings. The second-order valence-electron chi connectivity index (χ2n) is 9.63. The quantitative estimate of drug-likeness (QED) is 0.249. The molecule has 37 heavy (non-hydrogen) atoms. The van der Waals surface area contributed by atoms with E-state index in [-0.39, 0.29) is 16.1 Å². The summed E-state index contributed by atoms with van der Waals surface area (Å²) in [6.45, 7) is 7.98. The van der Waals surface area contributed by atoms with Gasteiger partial charge in [0.15, 0.2) is 0 Å². The molecule has 4 aromatic rings. The van der Waals surface area contributed by atoms with Gasteiger partial charge in [-0.05, 0) is 66.4 Å². The van der Waals surface area contributed by atoms with E-state index in [9.17, 15) is 8.42 Å². The monoisotopic (exact) mass is 517 g/mol. The van der Waals surface area contributed by atoms with Crippen molar-refractivity contribution in [3.8, 4) is 5.75 Å². The maximum atomic E-state index is 13.2. The van der Waals surface area contributed by atoms with Crippen LogP contribution in [0, 0.1) is 6.92 Å². The largest absolute Gasteiger partial charge is 0.495 e. The summed E-state index contributed by atoms with van der Waals surface area (Å²) in [5.74, 6) is 1.38. The average molecular weight is 518 g/mol. The number of nitrogens with one attached hydrogen (secondary N) is 3. The van der Waals surface area contributed by atoms with Gasteiger partial charge in [0.2, 0.25) is 5.95 Å². The lowest BCUT2D eigenvalue weighted by atomic mass is 9.87. The first-order valence-corrected chi connectivity index (χ1v) is 13.3. The molecule has 0 unspecified atom stereocenters. The van der Waals surface area contributed by atoms with E-state index in [0.29, 0.717) is 23.1 Å². The lowest BCUT2D eigenvalue weighted by Gasteiger charge is -2.21. The highest BCUT2D eigenvalue weighted by Crippen LogP contribution is 2.32. The molecule has 8 nitrogen and oxygen atoms in total. The smallest absolute Gasteiger partial charge is 0.265 e. The first-order chi connectivity index (χ1) is 17.5. The maximum Gasteiger partial charge on any atom is 0.265 e. The number of methoxy groups -OCH3 is 1. The molecule has 192 valence electrons. The number of anilines is 5. The molecule has 0 aliphatic carbocycles. The van der Waals surface area contributed by atoms with Crippen molar-refractivity contribution in [1.29, 1.82) is 0 Å². The van der Waals surface area contributed by atoms with Crippen LogP contribution in [0.5, 0.6) is 5.75 Å². The number of hydrogen-bond donors (Lipinski definition) is 3. The van der Waals surface area contributed by atoms with Gasteiger partial charge >= 0.3 is 0 Å². The standard InChI is InChI=1S/C28H31N5O3S/c1-19-17-26(30-21-9-7-6-8-10-21)32-27(29-19)31-22-12-14-23(15-13-22)33-37(34,35)25-18-20(28(2,3)4)11-16-24(25)36-5/h6-18,33H,1-5H3,(H2,29,30,31,32). The van der Waals surface area contributed by atoms with Crippen molar-refractivity contribution >= 4 is 38.9 Å². The number of benzene rings is 3. The third-order valence-corrected chi connectivity index (χ3v) is 7.02. The third-order valence-electron chi connectivity index (χ3n) is 5.61. The summed E-state index contributed by atoms with van der Waals surface area (Å²) in [6, 6.07) is 23.7. The van der Waals surface area contributed by atoms with Gasteiger partial charge in [0.05, 0.1) is 7.11 Å². The molecule has 0 saturated heterocycles. The Morgan fingerprint density at radius 1 is 0.784 bits per heavy atom. The number of ether oxygens (including phenoxy) is 1. The fourth-order valence-corrected chi connectivity index (χ4v) is 4.93. The fourth-order valence-electron chi connectivity index (χ4n) is 3.67. The summed E-state index contributed by atoms with van der Waals surface area (Å²) in [7, 11) is -2.42. The first-order valence-electron chi connectivity index (χ1n) is 11.8. The van der Waals surface area contributed by atoms with Crippen LogP contribution in [-0.4, -0.2) is 25.5 Å². The van der Waals surface area contributed by atoms with Crippen molar-refractivity contribution < 1.29 is 13.2 Å². The van der Waals surface area contributed by atoms with Gasteiger partial charge in [-0.2, -0.15) is 4.98 Å². The minimum absolute atomic E-state index is 0.0937. The van der Waals surface area contributed by atoms with Crippen molar-refractivity contribution in [1.82, 2.24) is 9.97 Å². The summed E-state index contributed by atoms with van der Waals surface area (Å²) >= 11 is 0. The lowest BCUT2D eigenvalue weighted by Crippen LogP contribution is -2.17. The predicted octanol–water partition coefficient (Wildman–Crippen LogP) is 6.38. The van der Waals surface area contributed by atoms with Gasteiger partial charge in [0.1, 0.15) is 16.5 Å². The number of para-hydroxylation sites is 1. The van der Waals surface area contributed by atoms with E-state index in [1.165, 1.54) is 7.11 Å². The average Bonchev–Trinajstić information content (AvgIpc) is 2.84. The first kappa shape index (κ1) is 26.0. The molecule has 1 heterocycles. The predicted molar refractivity (Wildman–Crippen MR) is 149 cm³/mol. The highest BCUT2D eigenvalue weighted by atomic mass is 32.2. The van der Waals surface area contributed by atoms with Crippen LogP contribution >= 0.6 is 0 Å². The van der Waals surface area contributed by atoms with E-state index >= 15 is 0 Å². The third kappa shape index (κ3) is 6.56. The molecule has 0 saturated carbocycles. The normalized spacial score (nSPS) is 11.6. The minimum atomic E-state index is -3.88. The summed E-state index contributed by atoms with van der Waals surface area (Å²) < 4.78 is 34.4. The Morgan fingerprint density at radius 2 is 1.43 bits per heavy atom. The van der Waals surface area contributed by atoms with E-state index in [1.807, 2.05) is 70.2 Å². The molecular weight excluding hydrogens is 486 g/mol. The van der Waals surface area contributed by atoms with Crippen LogP contribution in [0.4, 0.5) is 28.8 Å². The second kappa shape index (κ2) is 10.5. The number of aryl methyl sites for hydroxylation is 1. The number of rotatable bonds is 8. The number of hydrogen-bond acceptors (Lipinski definition) is 7. The van der Waals surface area contributed by atoms with E-state index < -0.39 is 10.0 Å². The lowest BCUT2D eigenvalue weighted by molar-refractivity contribution is 0.402. The van der Waals surface area contributed by atoms with Gasteiger partial charge in [-0.1, -0.05) is 45.0 Å². The summed E-state index contributed by atoms with van der Waals surface area (Å²) in [4.78, 5) is 9.08. The molecule has 4 rings (SSSR count). The molecule has 1 aromatic heterocycles. The molecule has 0 amide bonds. The Hall–Kier alpha value is -4.11.